The molecule has 0 atom stereocenters. The number of rotatable bonds is 2. The summed E-state index contributed by atoms with van der Waals surface area (Å²) >= 11 is 1.25. The maximum Gasteiger partial charge on any atom is 0.219 e. The summed E-state index contributed by atoms with van der Waals surface area (Å²) in [4.78, 5) is 13.8. The first-order chi connectivity index (χ1) is 7.81. The Morgan fingerprint density at radius 1 is 1.38 bits per heavy atom. The maximum absolute atomic E-state index is 11.6. The molecule has 0 unspecified atom stereocenters. The van der Waals surface area contributed by atoms with Crippen molar-refractivity contribution in [2.75, 3.05) is 37.5 Å². The third-order valence-corrected chi connectivity index (χ3v) is 3.25. The van der Waals surface area contributed by atoms with E-state index in [1.807, 2.05) is 30.5 Å². The quantitative estimate of drug-likeness (QED) is 0.787. The van der Waals surface area contributed by atoms with Crippen molar-refractivity contribution in [3.05, 3.63) is 29.8 Å². The minimum atomic E-state index is 0.120. The second-order valence-corrected chi connectivity index (χ2v) is 4.42. The van der Waals surface area contributed by atoms with E-state index in [1.54, 1.807) is 0 Å². The van der Waals surface area contributed by atoms with E-state index >= 15 is 0 Å². The summed E-state index contributed by atoms with van der Waals surface area (Å²) in [7, 11) is 0. The molecule has 0 radical (unpaired) electrons. The van der Waals surface area contributed by atoms with Crippen molar-refractivity contribution in [2.45, 2.75) is 0 Å². The lowest BCUT2D eigenvalue weighted by Crippen LogP contribution is -2.36. The van der Waals surface area contributed by atoms with Crippen molar-refractivity contribution in [1.82, 2.24) is 0 Å². The SMILES string of the molecule is CSC(=O)c1cccc(N2CCOCC2)c1. The topological polar surface area (TPSA) is 29.5 Å². The van der Waals surface area contributed by atoms with Gasteiger partial charge in [-0.05, 0) is 18.4 Å². The van der Waals surface area contributed by atoms with Gasteiger partial charge in [0, 0.05) is 24.3 Å². The van der Waals surface area contributed by atoms with Gasteiger partial charge in [0.2, 0.25) is 5.12 Å². The average Bonchev–Trinajstić information content (AvgIpc) is 2.39. The first kappa shape index (κ1) is 11.5. The Hall–Kier alpha value is -1.00. The number of morpholine rings is 1. The van der Waals surface area contributed by atoms with E-state index in [2.05, 4.69) is 4.90 Å². The molecule has 0 aliphatic carbocycles. The van der Waals surface area contributed by atoms with E-state index in [4.69, 9.17) is 4.74 Å². The molecule has 2 rings (SSSR count). The smallest absolute Gasteiger partial charge is 0.219 e. The van der Waals surface area contributed by atoms with Crippen LogP contribution in [0.2, 0.25) is 0 Å². The Morgan fingerprint density at radius 3 is 2.81 bits per heavy atom. The van der Waals surface area contributed by atoms with Gasteiger partial charge < -0.3 is 9.64 Å². The molecular formula is C12H15NO2S. The summed E-state index contributed by atoms with van der Waals surface area (Å²) in [6.45, 7) is 3.33. The highest BCUT2D eigenvalue weighted by Gasteiger charge is 2.12. The zero-order chi connectivity index (χ0) is 11.4. The van der Waals surface area contributed by atoms with E-state index < -0.39 is 0 Å². The summed E-state index contributed by atoms with van der Waals surface area (Å²) in [6, 6.07) is 7.81. The molecule has 0 spiro atoms. The molecular weight excluding hydrogens is 222 g/mol. The lowest BCUT2D eigenvalue weighted by molar-refractivity contribution is 0.108. The number of carbonyl (C=O) groups is 1. The van der Waals surface area contributed by atoms with Gasteiger partial charge in [-0.2, -0.15) is 0 Å². The standard InChI is InChI=1S/C12H15NO2S/c1-16-12(14)10-3-2-4-11(9-10)13-5-7-15-8-6-13/h2-4,9H,5-8H2,1H3. The van der Waals surface area contributed by atoms with Gasteiger partial charge in [-0.25, -0.2) is 0 Å². The number of hydrogen-bond donors (Lipinski definition) is 0. The highest BCUT2D eigenvalue weighted by molar-refractivity contribution is 8.13. The molecule has 4 heteroatoms. The molecule has 0 saturated carbocycles. The van der Waals surface area contributed by atoms with Crippen molar-refractivity contribution < 1.29 is 9.53 Å². The summed E-state index contributed by atoms with van der Waals surface area (Å²) in [5.41, 5.74) is 1.89. The van der Waals surface area contributed by atoms with Crippen LogP contribution in [0.4, 0.5) is 5.69 Å². The number of nitrogens with zero attached hydrogens (tertiary/aromatic N) is 1. The van der Waals surface area contributed by atoms with E-state index in [-0.39, 0.29) is 5.12 Å². The van der Waals surface area contributed by atoms with Gasteiger partial charge >= 0.3 is 0 Å². The van der Waals surface area contributed by atoms with Crippen LogP contribution in [0.25, 0.3) is 0 Å². The van der Waals surface area contributed by atoms with Crippen LogP contribution in [0, 0.1) is 0 Å². The van der Waals surface area contributed by atoms with Crippen LogP contribution in [0.3, 0.4) is 0 Å². The van der Waals surface area contributed by atoms with Crippen molar-refractivity contribution in [3.63, 3.8) is 0 Å². The minimum Gasteiger partial charge on any atom is -0.378 e. The fourth-order valence-corrected chi connectivity index (χ4v) is 2.13. The first-order valence-electron chi connectivity index (χ1n) is 5.32. The second kappa shape index (κ2) is 5.37. The predicted octanol–water partition coefficient (Wildman–Crippen LogP) is 2.03. The molecule has 1 fully saturated rings. The van der Waals surface area contributed by atoms with E-state index in [0.29, 0.717) is 0 Å². The largest absolute Gasteiger partial charge is 0.378 e. The van der Waals surface area contributed by atoms with Gasteiger partial charge in [0.25, 0.3) is 0 Å². The monoisotopic (exact) mass is 237 g/mol. The van der Waals surface area contributed by atoms with Crippen LogP contribution in [0.1, 0.15) is 10.4 Å². The lowest BCUT2D eigenvalue weighted by atomic mass is 10.2. The minimum absolute atomic E-state index is 0.120. The van der Waals surface area contributed by atoms with Crippen LogP contribution in [0.15, 0.2) is 24.3 Å². The zero-order valence-corrected chi connectivity index (χ0v) is 10.1. The van der Waals surface area contributed by atoms with E-state index in [9.17, 15) is 4.79 Å². The number of thioether (sulfide) groups is 1. The number of ether oxygens (including phenoxy) is 1. The van der Waals surface area contributed by atoms with Crippen molar-refractivity contribution >= 4 is 22.6 Å². The van der Waals surface area contributed by atoms with Crippen molar-refractivity contribution in [2.24, 2.45) is 0 Å². The van der Waals surface area contributed by atoms with Crippen molar-refractivity contribution in [1.29, 1.82) is 0 Å². The lowest BCUT2D eigenvalue weighted by Gasteiger charge is -2.29. The molecule has 1 aromatic rings. The van der Waals surface area contributed by atoms with Crippen LogP contribution in [-0.2, 0) is 4.74 Å². The molecule has 1 saturated heterocycles. The number of carbonyl (C=O) groups excluding carboxylic acids is 1. The highest BCUT2D eigenvalue weighted by Crippen LogP contribution is 2.19. The summed E-state index contributed by atoms with van der Waals surface area (Å²) in [5.74, 6) is 0. The number of anilines is 1. The third kappa shape index (κ3) is 2.57. The van der Waals surface area contributed by atoms with Crippen molar-refractivity contribution in [3.8, 4) is 0 Å². The van der Waals surface area contributed by atoms with Crippen LogP contribution < -0.4 is 4.90 Å². The molecule has 1 aliphatic heterocycles. The molecule has 1 aromatic carbocycles. The summed E-state index contributed by atoms with van der Waals surface area (Å²) < 4.78 is 5.31. The Kier molecular flexibility index (Phi) is 3.85. The van der Waals surface area contributed by atoms with Gasteiger partial charge in [0.05, 0.1) is 13.2 Å². The molecule has 0 bridgehead atoms. The Morgan fingerprint density at radius 2 is 2.12 bits per heavy atom. The van der Waals surface area contributed by atoms with E-state index in [0.717, 1.165) is 37.6 Å². The fraction of sp³-hybridized carbons (Fsp3) is 0.417. The van der Waals surface area contributed by atoms with Gasteiger partial charge in [-0.3, -0.25) is 4.79 Å². The fourth-order valence-electron chi connectivity index (χ4n) is 1.77. The molecule has 16 heavy (non-hydrogen) atoms. The number of hydrogen-bond acceptors (Lipinski definition) is 4. The molecule has 3 nitrogen and oxygen atoms in total. The molecule has 0 amide bonds. The molecule has 0 N–H and O–H groups in total. The van der Waals surface area contributed by atoms with Crippen LogP contribution in [-0.4, -0.2) is 37.7 Å². The maximum atomic E-state index is 11.6. The van der Waals surface area contributed by atoms with E-state index in [1.165, 1.54) is 11.8 Å². The summed E-state index contributed by atoms with van der Waals surface area (Å²) in [6.07, 6.45) is 1.81. The van der Waals surface area contributed by atoms with Crippen LogP contribution in [0.5, 0.6) is 0 Å². The van der Waals surface area contributed by atoms with Gasteiger partial charge in [0.15, 0.2) is 0 Å². The Labute approximate surface area is 99.8 Å². The highest BCUT2D eigenvalue weighted by atomic mass is 32.2. The zero-order valence-electron chi connectivity index (χ0n) is 9.31. The van der Waals surface area contributed by atoms with Gasteiger partial charge in [-0.15, -0.1) is 0 Å². The summed E-state index contributed by atoms with van der Waals surface area (Å²) in [5, 5.41) is 0.120. The normalized spacial score (nSPS) is 16.2. The molecule has 1 aliphatic rings. The Balaban J connectivity index is 2.17. The second-order valence-electron chi connectivity index (χ2n) is 3.64. The molecule has 0 aromatic heterocycles. The van der Waals surface area contributed by atoms with Gasteiger partial charge in [-0.1, -0.05) is 23.9 Å². The van der Waals surface area contributed by atoms with Crippen LogP contribution >= 0.6 is 11.8 Å². The third-order valence-electron chi connectivity index (χ3n) is 2.64. The molecule has 1 heterocycles. The van der Waals surface area contributed by atoms with Gasteiger partial charge in [0.1, 0.15) is 0 Å². The predicted molar refractivity (Wildman–Crippen MR) is 67.3 cm³/mol. The molecule has 86 valence electrons. The number of benzene rings is 1. The average molecular weight is 237 g/mol. The Bertz CT molecular complexity index is 375. The first-order valence-corrected chi connectivity index (χ1v) is 6.55.